The van der Waals surface area contributed by atoms with Crippen molar-refractivity contribution in [3.05, 3.63) is 296 Å². The van der Waals surface area contributed by atoms with Crippen LogP contribution in [0.2, 0.25) is 0 Å². The Morgan fingerprint density at radius 3 is 1.26 bits per heavy atom. The molecule has 136 heavy (non-hydrogen) atoms. The molecule has 0 fully saturated rings. The van der Waals surface area contributed by atoms with E-state index in [4.69, 9.17) is 47.1 Å². The minimum absolute atomic E-state index is 0. The molecule has 0 radical (unpaired) electrons. The first-order chi connectivity index (χ1) is 65.3. The highest BCUT2D eigenvalue weighted by Gasteiger charge is 2.37. The minimum Gasteiger partial charge on any atom is -0.489 e. The van der Waals surface area contributed by atoms with Crippen LogP contribution in [-0.4, -0.2) is 193 Å². The summed E-state index contributed by atoms with van der Waals surface area (Å²) in [6.07, 6.45) is 11.0. The Morgan fingerprint density at radius 1 is 0.463 bits per heavy atom. The summed E-state index contributed by atoms with van der Waals surface area (Å²) in [6, 6.07) is 61.6. The van der Waals surface area contributed by atoms with Crippen LogP contribution in [0.25, 0.3) is 0 Å². The van der Waals surface area contributed by atoms with Crippen LogP contribution in [0.5, 0.6) is 11.5 Å². The fraction of sp³-hybridized carbons (Fsp3) is 0.327. The van der Waals surface area contributed by atoms with Gasteiger partial charge in [-0.2, -0.15) is 0 Å². The number of rotatable bonds is 15. The number of aryl methyl sites for hydroxylation is 6. The molecule has 5 amide bonds. The van der Waals surface area contributed by atoms with E-state index in [-0.39, 0.29) is 121 Å². The number of likely N-dealkylation sites (N-methyl/N-ethyl adjacent to an activating group) is 2. The van der Waals surface area contributed by atoms with E-state index in [2.05, 4.69) is 123 Å². The molecule has 19 rings (SSSR count). The van der Waals surface area contributed by atoms with Crippen LogP contribution in [0.1, 0.15) is 218 Å². The SMILES string of the molecule is CCOC(=N)C(=O)OCC.CCOC(=O)/C(N)=N/NC(=O)C1CCc2ccccc21.CCOC(=O)c1n[nH]c(C2CCc3ccccc32)n1.CN1C(=O)[C@@H](N)COc2ccccc21.CN1C(=O)[C@@H](NC(=O)c2n[nH]c(C3CCc4ccccc43)n2)COc2ccccc21.Cl.NNC(=O)C1CCc2ccccc21.O=C(O)C1CCc2ccccc21.O=C(O)c1n[nH]c(C2CCc3ccccc32)n1. The molecule has 5 heterocycles. The molecule has 11 aromatic rings. The Morgan fingerprint density at radius 2 is 0.824 bits per heavy atom. The monoisotopic (exact) mass is 1880 g/mol. The minimum atomic E-state index is -1.10. The predicted molar refractivity (Wildman–Crippen MR) is 504 cm³/mol. The van der Waals surface area contributed by atoms with Gasteiger partial charge in [-0.05, 0) is 196 Å². The zero-order valence-corrected chi connectivity index (χ0v) is 76.7. The number of carbonyl (C=O) groups excluding carboxylic acids is 8. The number of carboxylic acids is 2. The van der Waals surface area contributed by atoms with Gasteiger partial charge in [0.25, 0.3) is 29.4 Å². The predicted octanol–water partition coefficient (Wildman–Crippen LogP) is 10.2. The van der Waals surface area contributed by atoms with Crippen molar-refractivity contribution in [2.75, 3.05) is 63.5 Å². The van der Waals surface area contributed by atoms with Crippen LogP contribution < -0.4 is 52.8 Å². The average molecular weight is 1880 g/mol. The van der Waals surface area contributed by atoms with E-state index in [1.54, 1.807) is 53.9 Å². The second kappa shape index (κ2) is 48.9. The number of nitrogens with one attached hydrogen (secondary N) is 7. The van der Waals surface area contributed by atoms with E-state index in [0.29, 0.717) is 42.0 Å². The van der Waals surface area contributed by atoms with E-state index in [1.807, 2.05) is 140 Å². The number of aromatic nitrogens is 9. The number of hydrogen-bond donors (Lipinski definition) is 12. The van der Waals surface area contributed by atoms with Crippen LogP contribution in [0, 0.1) is 5.41 Å². The number of hydrazone groups is 1. The number of ether oxygens (including phenoxy) is 6. The van der Waals surface area contributed by atoms with Gasteiger partial charge in [0, 0.05) is 31.8 Å². The first-order valence-electron chi connectivity index (χ1n) is 44.4. The number of hydrazine groups is 1. The van der Waals surface area contributed by atoms with Crippen molar-refractivity contribution in [1.82, 2.24) is 61.7 Å². The standard InChI is InChI=1S/C22H21N5O3.C14H17N3O3.C14H15N3O2.C12H11N3O2.C10H12N2O2.C10H12N2O.C10H10O2.C6H11NO3.ClH/c1-27-17-8-4-5-9-18(17)30-12-16(22(27)29)23-21(28)20-24-19(25-26-20)15-11-10-13-6-2-3-7-14(13)15;1-2-20-14(19)12(15)16-17-13(18)11-8-7-9-5-3-4-6-10(9)11;1-2-19-14(18)13-15-12(16-17-13)11-8-7-9-5-3-4-6-10(9)11;16-12(17)11-13-10(14-15-11)9-6-5-7-3-1-2-4-8(7)9;1-12-8-4-2-3-5-9(8)14-6-7(11)10(12)13;11-12-10(13)9-6-5-7-3-1-2-4-8(7)9;11-10(12)9-6-5-7-3-1-2-4-8(7)9;1-3-9-5(7)6(8)10-4-2;/h2-9,15-16H,10-12H2,1H3,(H,23,28)(H,24,25,26);3-6,11H,2,7-8H2,1H3,(H2,15,16)(H,17,18);3-6,11H,2,7-8H2,1H3,(H,15,16,17);1-4,9H,5-6H2,(H,16,17)(H,13,14,15);2-5,7H,6,11H2,1H3;1-4,9H,5-6,11H2,(H,12,13);1-4,9H,5-6H2,(H,11,12);7H,3-4H2,1-2H3;1H/t15?,16-;;;;7-;;;;/m0...0..../s1. The number of para-hydroxylation sites is 4. The highest BCUT2D eigenvalue weighted by atomic mass is 35.5. The zero-order chi connectivity index (χ0) is 96.2. The van der Waals surface area contributed by atoms with Crippen molar-refractivity contribution < 1.29 is 86.6 Å². The van der Waals surface area contributed by atoms with E-state index in [9.17, 15) is 47.9 Å². The molecule has 0 saturated heterocycles. The van der Waals surface area contributed by atoms with Gasteiger partial charge in [-0.3, -0.25) is 54.9 Å². The average Bonchev–Trinajstić information content (AvgIpc) is 1.65. The highest BCUT2D eigenvalue weighted by molar-refractivity contribution is 6.34. The second-order valence-corrected chi connectivity index (χ2v) is 31.9. The summed E-state index contributed by atoms with van der Waals surface area (Å²) in [5, 5.41) is 51.1. The molecule has 8 aliphatic rings. The van der Waals surface area contributed by atoms with Gasteiger partial charge >= 0.3 is 29.8 Å². The Bertz CT molecular complexity index is 6080. The number of halogens is 1. The third kappa shape index (κ3) is 25.3. The first-order valence-corrected chi connectivity index (χ1v) is 44.4. The topological polar surface area (TPSA) is 548 Å². The van der Waals surface area contributed by atoms with Gasteiger partial charge in [-0.25, -0.2) is 45.4 Å². The molecular weight excluding hydrogens is 1770 g/mol. The molecule has 6 unspecified atom stereocenters. The maximum atomic E-state index is 12.8. The van der Waals surface area contributed by atoms with Gasteiger partial charge in [-0.1, -0.05) is 170 Å². The number of H-pyrrole nitrogens is 3. The number of esters is 3. The lowest BCUT2D eigenvalue weighted by atomic mass is 10.0. The summed E-state index contributed by atoms with van der Waals surface area (Å²) >= 11 is 0. The Labute approximate surface area is 790 Å². The lowest BCUT2D eigenvalue weighted by Gasteiger charge is -2.19. The lowest BCUT2D eigenvalue weighted by Crippen LogP contribution is -2.49. The molecule has 3 aromatic heterocycles. The maximum absolute atomic E-state index is 12.8. The van der Waals surface area contributed by atoms with Crippen molar-refractivity contribution >= 4 is 94.9 Å². The maximum Gasteiger partial charge on any atom is 0.393 e. The number of hydrogen-bond acceptors (Lipinski definition) is 26. The van der Waals surface area contributed by atoms with Gasteiger partial charge in [0.15, 0.2) is 0 Å². The normalized spacial score (nSPS) is 18.2. The van der Waals surface area contributed by atoms with Crippen LogP contribution in [0.3, 0.4) is 0 Å². The molecular formula is C98H110ClN19O18. The van der Waals surface area contributed by atoms with Gasteiger partial charge in [0.1, 0.15) is 54.3 Å². The largest absolute Gasteiger partial charge is 0.489 e. The van der Waals surface area contributed by atoms with E-state index in [1.165, 1.54) is 59.9 Å². The summed E-state index contributed by atoms with van der Waals surface area (Å²) in [7, 11) is 3.37. The van der Waals surface area contributed by atoms with Crippen molar-refractivity contribution in [2.24, 2.45) is 22.4 Å². The summed E-state index contributed by atoms with van der Waals surface area (Å²) in [5.74, 6) is 2.62. The van der Waals surface area contributed by atoms with E-state index < -0.39 is 53.7 Å². The number of amides is 5. The molecule has 0 spiro atoms. The van der Waals surface area contributed by atoms with E-state index >= 15 is 0 Å². The van der Waals surface area contributed by atoms with Crippen molar-refractivity contribution in [3.8, 4) is 11.5 Å². The lowest BCUT2D eigenvalue weighted by molar-refractivity contribution is -0.139. The number of anilines is 2. The van der Waals surface area contributed by atoms with Crippen LogP contribution in [0.15, 0.2) is 199 Å². The summed E-state index contributed by atoms with van der Waals surface area (Å²) in [6.45, 7) is 8.21. The Hall–Kier alpha value is -15.4. The Kier molecular flexibility index (Phi) is 36.3. The molecule has 37 nitrogen and oxygen atoms in total. The van der Waals surface area contributed by atoms with E-state index in [0.717, 1.165) is 105 Å². The fourth-order valence-electron chi connectivity index (χ4n) is 17.0. The quantitative estimate of drug-likeness (QED) is 0.00863. The molecule has 15 N–H and O–H groups in total. The number of carboxylic acid groups (broad SMARTS) is 2. The molecule has 8 aromatic carbocycles. The molecule has 38 heteroatoms. The summed E-state index contributed by atoms with van der Waals surface area (Å²) in [5.41, 5.74) is 31.5. The van der Waals surface area contributed by atoms with Crippen molar-refractivity contribution in [2.45, 2.75) is 152 Å². The summed E-state index contributed by atoms with van der Waals surface area (Å²) in [4.78, 5) is 131. The third-order valence-electron chi connectivity index (χ3n) is 23.6. The van der Waals surface area contributed by atoms with Gasteiger partial charge < -0.3 is 65.2 Å². The highest BCUT2D eigenvalue weighted by Crippen LogP contribution is 2.41. The molecule has 2 aliphatic heterocycles. The molecule has 0 bridgehead atoms. The number of aromatic carboxylic acids is 1. The van der Waals surface area contributed by atoms with Gasteiger partial charge in [0.2, 0.25) is 29.4 Å². The summed E-state index contributed by atoms with van der Waals surface area (Å²) < 4.78 is 29.7. The Balaban J connectivity index is 0.000000153. The number of benzene rings is 8. The smallest absolute Gasteiger partial charge is 0.393 e. The number of nitrogens with zero attached hydrogens (tertiary/aromatic N) is 9. The van der Waals surface area contributed by atoms with Crippen LogP contribution >= 0.6 is 12.4 Å². The number of fused-ring (bicyclic) bond motifs is 8. The van der Waals surface area contributed by atoms with Crippen LogP contribution in [-0.2, 0) is 91.0 Å². The fourth-order valence-corrected chi connectivity index (χ4v) is 17.0. The number of aromatic amines is 3. The second-order valence-electron chi connectivity index (χ2n) is 31.9. The first kappa shape index (κ1) is 101. The number of nitrogens with two attached hydrogens (primary N) is 3. The van der Waals surface area contributed by atoms with Gasteiger partial charge in [0.05, 0.1) is 55.6 Å². The number of amidine groups is 1. The number of aliphatic carboxylic acids is 1. The van der Waals surface area contributed by atoms with Gasteiger partial charge in [-0.15, -0.1) is 32.8 Å². The molecule has 8 atom stereocenters. The number of carbonyl (C=O) groups is 10. The van der Waals surface area contributed by atoms with Crippen LogP contribution in [0.4, 0.5) is 11.4 Å². The zero-order valence-electron chi connectivity index (χ0n) is 75.9. The molecule has 712 valence electrons. The molecule has 6 aliphatic carbocycles. The molecule has 0 saturated carbocycles. The third-order valence-corrected chi connectivity index (χ3v) is 23.6. The van der Waals surface area contributed by atoms with Crippen molar-refractivity contribution in [3.63, 3.8) is 0 Å². The van der Waals surface area contributed by atoms with Crippen molar-refractivity contribution in [1.29, 1.82) is 5.41 Å².